The van der Waals surface area contributed by atoms with E-state index in [-0.39, 0.29) is 23.8 Å². The lowest BCUT2D eigenvalue weighted by molar-refractivity contribution is -0.118. The van der Waals surface area contributed by atoms with Crippen LogP contribution in [0.2, 0.25) is 5.02 Å². The second kappa shape index (κ2) is 6.43. The molecule has 0 aromatic heterocycles. The molecule has 0 bridgehead atoms. The molecule has 0 fully saturated rings. The summed E-state index contributed by atoms with van der Waals surface area (Å²) in [6.07, 6.45) is 0. The number of hydrogen-bond acceptors (Lipinski definition) is 3. The van der Waals surface area contributed by atoms with Crippen LogP contribution in [0.5, 0.6) is 5.75 Å². The number of nitrogens with two attached hydrogens (primary N) is 1. The summed E-state index contributed by atoms with van der Waals surface area (Å²) in [6.45, 7) is 4.04. The molecule has 2 amide bonds. The van der Waals surface area contributed by atoms with Gasteiger partial charge in [0, 0.05) is 11.6 Å². The minimum absolute atomic E-state index is 0.103. The van der Waals surface area contributed by atoms with Crippen LogP contribution in [0.15, 0.2) is 18.2 Å². The van der Waals surface area contributed by atoms with Gasteiger partial charge in [-0.15, -0.1) is 0 Å². The smallest absolute Gasteiger partial charge is 0.258 e. The Morgan fingerprint density at radius 1 is 1.42 bits per heavy atom. The Morgan fingerprint density at radius 3 is 2.53 bits per heavy atom. The lowest BCUT2D eigenvalue weighted by atomic mass is 10.1. The number of carbonyl (C=O) groups excluding carboxylic acids is 2. The predicted octanol–water partition coefficient (Wildman–Crippen LogP) is 1.63. The maximum absolute atomic E-state index is 12.3. The molecule has 0 saturated heterocycles. The third-order valence-electron chi connectivity index (χ3n) is 2.41. The molecule has 104 valence electrons. The Hall–Kier alpha value is -1.75. The molecule has 0 spiro atoms. The first kappa shape index (κ1) is 15.3. The number of hydrogen-bond donors (Lipinski definition) is 2. The number of halogens is 1. The van der Waals surface area contributed by atoms with Crippen LogP contribution in [0.4, 0.5) is 0 Å². The molecule has 0 radical (unpaired) electrons. The molecule has 19 heavy (non-hydrogen) atoms. The highest BCUT2D eigenvalue weighted by Gasteiger charge is 2.21. The molecule has 0 heterocycles. The fourth-order valence-corrected chi connectivity index (χ4v) is 1.87. The Labute approximate surface area is 117 Å². The molecule has 0 saturated carbocycles. The lowest BCUT2D eigenvalue weighted by Gasteiger charge is -2.23. The van der Waals surface area contributed by atoms with Crippen LogP contribution in [0.3, 0.4) is 0 Å². The van der Waals surface area contributed by atoms with Crippen LogP contribution in [0.25, 0.3) is 0 Å². The first-order chi connectivity index (χ1) is 8.81. The molecule has 0 aliphatic rings. The zero-order valence-corrected chi connectivity index (χ0v) is 11.6. The molecule has 0 atom stereocenters. The summed E-state index contributed by atoms with van der Waals surface area (Å²) in [5.74, 6) is -1.07. The van der Waals surface area contributed by atoms with E-state index in [1.165, 1.54) is 23.1 Å². The standard InChI is InChI=1S/C13H17ClN2O3/c1-8(2)6-16(7-12(15)18)13(19)10-4-3-9(14)5-11(10)17/h3-5,8,17H,6-7H2,1-2H3,(H2,15,18). The third-order valence-corrected chi connectivity index (χ3v) is 2.64. The number of phenolic OH excluding ortho intramolecular Hbond substituents is 1. The van der Waals surface area contributed by atoms with Gasteiger partial charge in [0.2, 0.25) is 5.91 Å². The summed E-state index contributed by atoms with van der Waals surface area (Å²) in [6, 6.07) is 4.22. The highest BCUT2D eigenvalue weighted by atomic mass is 35.5. The number of rotatable bonds is 5. The molecule has 0 aliphatic carbocycles. The van der Waals surface area contributed by atoms with E-state index in [1.807, 2.05) is 13.8 Å². The van der Waals surface area contributed by atoms with E-state index in [0.717, 1.165) is 0 Å². The van der Waals surface area contributed by atoms with E-state index in [4.69, 9.17) is 17.3 Å². The van der Waals surface area contributed by atoms with Crippen molar-refractivity contribution in [1.29, 1.82) is 0 Å². The van der Waals surface area contributed by atoms with E-state index in [2.05, 4.69) is 0 Å². The fourth-order valence-electron chi connectivity index (χ4n) is 1.70. The highest BCUT2D eigenvalue weighted by molar-refractivity contribution is 6.30. The second-order valence-corrected chi connectivity index (χ2v) is 5.14. The summed E-state index contributed by atoms with van der Waals surface area (Å²) < 4.78 is 0. The molecule has 1 aromatic rings. The van der Waals surface area contributed by atoms with E-state index in [0.29, 0.717) is 11.6 Å². The van der Waals surface area contributed by atoms with Crippen molar-refractivity contribution in [2.24, 2.45) is 11.7 Å². The average molecular weight is 285 g/mol. The lowest BCUT2D eigenvalue weighted by Crippen LogP contribution is -2.40. The number of primary amides is 1. The summed E-state index contributed by atoms with van der Waals surface area (Å²) >= 11 is 5.71. The molecule has 3 N–H and O–H groups in total. The van der Waals surface area contributed by atoms with Crippen LogP contribution in [-0.4, -0.2) is 34.9 Å². The van der Waals surface area contributed by atoms with Gasteiger partial charge in [0.25, 0.3) is 5.91 Å². The van der Waals surface area contributed by atoms with Crippen LogP contribution < -0.4 is 5.73 Å². The molecule has 1 aromatic carbocycles. The van der Waals surface area contributed by atoms with Crippen LogP contribution in [0, 0.1) is 5.92 Å². The molecule has 0 unspecified atom stereocenters. The summed E-state index contributed by atoms with van der Waals surface area (Å²) in [7, 11) is 0. The maximum atomic E-state index is 12.3. The van der Waals surface area contributed by atoms with E-state index >= 15 is 0 Å². The zero-order chi connectivity index (χ0) is 14.6. The van der Waals surface area contributed by atoms with Gasteiger partial charge in [0.1, 0.15) is 5.75 Å². The Morgan fingerprint density at radius 2 is 2.05 bits per heavy atom. The van der Waals surface area contributed by atoms with Crippen molar-refractivity contribution in [2.45, 2.75) is 13.8 Å². The topological polar surface area (TPSA) is 83.6 Å². The molecular weight excluding hydrogens is 268 g/mol. The van der Waals surface area contributed by atoms with Gasteiger partial charge in [-0.3, -0.25) is 9.59 Å². The van der Waals surface area contributed by atoms with Gasteiger partial charge in [-0.05, 0) is 24.1 Å². The van der Waals surface area contributed by atoms with Gasteiger partial charge < -0.3 is 15.7 Å². The van der Waals surface area contributed by atoms with Gasteiger partial charge >= 0.3 is 0 Å². The number of aromatic hydroxyl groups is 1. The Bertz CT molecular complexity index is 489. The minimum Gasteiger partial charge on any atom is -0.507 e. The van der Waals surface area contributed by atoms with Crippen molar-refractivity contribution in [3.8, 4) is 5.75 Å². The first-order valence-corrected chi connectivity index (χ1v) is 6.25. The van der Waals surface area contributed by atoms with Crippen LogP contribution in [-0.2, 0) is 4.79 Å². The molecular formula is C13H17ClN2O3. The van der Waals surface area contributed by atoms with Gasteiger partial charge in [0.15, 0.2) is 0 Å². The normalized spacial score (nSPS) is 10.5. The number of phenols is 1. The van der Waals surface area contributed by atoms with Crippen molar-refractivity contribution in [3.63, 3.8) is 0 Å². The van der Waals surface area contributed by atoms with Gasteiger partial charge in [-0.1, -0.05) is 25.4 Å². The first-order valence-electron chi connectivity index (χ1n) is 5.87. The Kier molecular flexibility index (Phi) is 5.18. The monoisotopic (exact) mass is 284 g/mol. The van der Waals surface area contributed by atoms with E-state index in [1.54, 1.807) is 0 Å². The fraction of sp³-hybridized carbons (Fsp3) is 0.385. The summed E-state index contributed by atoms with van der Waals surface area (Å²) in [5.41, 5.74) is 5.23. The largest absolute Gasteiger partial charge is 0.507 e. The van der Waals surface area contributed by atoms with Crippen LogP contribution >= 0.6 is 11.6 Å². The number of amides is 2. The molecule has 0 aliphatic heterocycles. The summed E-state index contributed by atoms with van der Waals surface area (Å²) in [4.78, 5) is 24.6. The number of nitrogens with zero attached hydrogens (tertiary/aromatic N) is 1. The van der Waals surface area contributed by atoms with Gasteiger partial charge in [-0.25, -0.2) is 0 Å². The molecule has 1 rings (SSSR count). The number of benzene rings is 1. The second-order valence-electron chi connectivity index (χ2n) is 4.71. The van der Waals surface area contributed by atoms with Crippen molar-refractivity contribution in [3.05, 3.63) is 28.8 Å². The van der Waals surface area contributed by atoms with E-state index in [9.17, 15) is 14.7 Å². The highest BCUT2D eigenvalue weighted by Crippen LogP contribution is 2.23. The molecule has 6 heteroatoms. The van der Waals surface area contributed by atoms with Crippen molar-refractivity contribution >= 4 is 23.4 Å². The third kappa shape index (κ3) is 4.44. The zero-order valence-electron chi connectivity index (χ0n) is 10.9. The quantitative estimate of drug-likeness (QED) is 0.862. The van der Waals surface area contributed by atoms with Crippen molar-refractivity contribution in [1.82, 2.24) is 4.90 Å². The van der Waals surface area contributed by atoms with E-state index < -0.39 is 11.8 Å². The minimum atomic E-state index is -0.595. The van der Waals surface area contributed by atoms with Gasteiger partial charge in [0.05, 0.1) is 12.1 Å². The molecule has 5 nitrogen and oxygen atoms in total. The SMILES string of the molecule is CC(C)CN(CC(N)=O)C(=O)c1ccc(Cl)cc1O. The maximum Gasteiger partial charge on any atom is 0.258 e. The summed E-state index contributed by atoms with van der Waals surface area (Å²) in [5, 5.41) is 10.1. The number of carbonyl (C=O) groups is 2. The van der Waals surface area contributed by atoms with Crippen molar-refractivity contribution in [2.75, 3.05) is 13.1 Å². The predicted molar refractivity (Wildman–Crippen MR) is 73.1 cm³/mol. The van der Waals surface area contributed by atoms with Crippen LogP contribution in [0.1, 0.15) is 24.2 Å². The Balaban J connectivity index is 3.00. The van der Waals surface area contributed by atoms with Gasteiger partial charge in [-0.2, -0.15) is 0 Å². The van der Waals surface area contributed by atoms with Crippen molar-refractivity contribution < 1.29 is 14.7 Å². The average Bonchev–Trinajstić information content (AvgIpc) is 2.26.